The Morgan fingerprint density at radius 1 is 1.45 bits per heavy atom. The average molecular weight is 298 g/mol. The zero-order valence-corrected chi connectivity index (χ0v) is 13.3. The Morgan fingerprint density at radius 3 is 2.95 bits per heavy atom. The summed E-state index contributed by atoms with van der Waals surface area (Å²) in [7, 11) is 0. The first-order valence-electron chi connectivity index (χ1n) is 7.26. The molecule has 0 bridgehead atoms. The minimum atomic E-state index is -0.0944. The molecule has 1 aliphatic rings. The van der Waals surface area contributed by atoms with Crippen LogP contribution < -0.4 is 5.32 Å². The summed E-state index contributed by atoms with van der Waals surface area (Å²) in [6.45, 7) is 10.7. The summed E-state index contributed by atoms with van der Waals surface area (Å²) in [5.74, 6) is 0.902. The van der Waals surface area contributed by atoms with Gasteiger partial charge in [-0.25, -0.2) is 4.98 Å². The lowest BCUT2D eigenvalue weighted by Gasteiger charge is -2.38. The van der Waals surface area contributed by atoms with Crippen molar-refractivity contribution in [2.24, 2.45) is 0 Å². The first-order chi connectivity index (χ1) is 9.50. The maximum Gasteiger partial charge on any atom is 0.126 e. The third kappa shape index (κ3) is 4.33. The van der Waals surface area contributed by atoms with Gasteiger partial charge in [0.2, 0.25) is 0 Å². The highest BCUT2D eigenvalue weighted by atomic mass is 35.5. The van der Waals surface area contributed by atoms with E-state index in [2.05, 4.69) is 36.0 Å². The molecule has 0 spiro atoms. The summed E-state index contributed by atoms with van der Waals surface area (Å²) in [4.78, 5) is 6.97. The highest BCUT2D eigenvalue weighted by molar-refractivity contribution is 6.31. The molecule has 1 aromatic rings. The van der Waals surface area contributed by atoms with E-state index in [1.54, 1.807) is 0 Å². The second kappa shape index (κ2) is 6.74. The van der Waals surface area contributed by atoms with Crippen LogP contribution in [0.25, 0.3) is 0 Å². The quantitative estimate of drug-likeness (QED) is 0.906. The van der Waals surface area contributed by atoms with Crippen LogP contribution in [0.2, 0.25) is 5.02 Å². The van der Waals surface area contributed by atoms with E-state index < -0.39 is 0 Å². The third-order valence-electron chi connectivity index (χ3n) is 3.35. The molecule has 0 amide bonds. The van der Waals surface area contributed by atoms with Crippen LogP contribution in [-0.2, 0) is 11.3 Å². The fourth-order valence-corrected chi connectivity index (χ4v) is 2.57. The van der Waals surface area contributed by atoms with Crippen molar-refractivity contribution in [3.05, 3.63) is 22.8 Å². The van der Waals surface area contributed by atoms with Gasteiger partial charge in [-0.05, 0) is 32.4 Å². The third-order valence-corrected chi connectivity index (χ3v) is 3.70. The largest absolute Gasteiger partial charge is 0.373 e. The van der Waals surface area contributed by atoms with Gasteiger partial charge in [0.25, 0.3) is 0 Å². The summed E-state index contributed by atoms with van der Waals surface area (Å²) in [5, 5.41) is 4.04. The van der Waals surface area contributed by atoms with E-state index in [1.165, 1.54) is 0 Å². The zero-order valence-electron chi connectivity index (χ0n) is 12.6. The Morgan fingerprint density at radius 2 is 2.25 bits per heavy atom. The number of aromatic nitrogens is 1. The lowest BCUT2D eigenvalue weighted by molar-refractivity contribution is -0.0885. The molecule has 2 heterocycles. The molecule has 0 atom stereocenters. The lowest BCUT2D eigenvalue weighted by Crippen LogP contribution is -2.47. The van der Waals surface area contributed by atoms with Crippen LogP contribution in [0.3, 0.4) is 0 Å². The van der Waals surface area contributed by atoms with Gasteiger partial charge in [0.1, 0.15) is 5.82 Å². The topological polar surface area (TPSA) is 37.4 Å². The number of pyridine rings is 1. The van der Waals surface area contributed by atoms with E-state index >= 15 is 0 Å². The molecule has 0 unspecified atom stereocenters. The molecule has 1 fully saturated rings. The predicted molar refractivity (Wildman–Crippen MR) is 83.3 cm³/mol. The van der Waals surface area contributed by atoms with Crippen molar-refractivity contribution in [2.75, 3.05) is 31.6 Å². The minimum Gasteiger partial charge on any atom is -0.373 e. The number of anilines is 1. The Kier molecular flexibility index (Phi) is 5.24. The molecule has 1 aromatic heterocycles. The highest BCUT2D eigenvalue weighted by Gasteiger charge is 2.27. The molecule has 1 saturated heterocycles. The first-order valence-corrected chi connectivity index (χ1v) is 7.63. The average Bonchev–Trinajstić information content (AvgIpc) is 2.38. The van der Waals surface area contributed by atoms with Gasteiger partial charge in [0, 0.05) is 26.2 Å². The van der Waals surface area contributed by atoms with Gasteiger partial charge in [-0.3, -0.25) is 4.90 Å². The van der Waals surface area contributed by atoms with Gasteiger partial charge in [0.05, 0.1) is 22.9 Å². The molecular formula is C15H24ClN3O. The van der Waals surface area contributed by atoms with Gasteiger partial charge in [-0.2, -0.15) is 0 Å². The van der Waals surface area contributed by atoms with Crippen molar-refractivity contribution < 1.29 is 4.74 Å². The standard InChI is InChI=1S/C15H24ClN3O/c1-4-7-17-14-6-5-12(16)13(18-14)10-19-8-9-20-15(2,3)11-19/h5-6H,4,7-11H2,1-3H3,(H,17,18). The highest BCUT2D eigenvalue weighted by Crippen LogP contribution is 2.22. The zero-order chi connectivity index (χ0) is 14.6. The van der Waals surface area contributed by atoms with Crippen LogP contribution in [0, 0.1) is 0 Å². The fraction of sp³-hybridized carbons (Fsp3) is 0.667. The molecular weight excluding hydrogens is 274 g/mol. The van der Waals surface area contributed by atoms with Gasteiger partial charge >= 0.3 is 0 Å². The van der Waals surface area contributed by atoms with Crippen LogP contribution in [-0.4, -0.2) is 41.7 Å². The summed E-state index contributed by atoms with van der Waals surface area (Å²) < 4.78 is 5.73. The Hall–Kier alpha value is -0.840. The number of morpholine rings is 1. The van der Waals surface area contributed by atoms with E-state index in [0.717, 1.165) is 55.7 Å². The summed E-state index contributed by atoms with van der Waals surface area (Å²) >= 11 is 6.27. The van der Waals surface area contributed by atoms with Crippen molar-refractivity contribution in [1.82, 2.24) is 9.88 Å². The maximum absolute atomic E-state index is 6.27. The molecule has 1 aliphatic heterocycles. The van der Waals surface area contributed by atoms with Gasteiger partial charge < -0.3 is 10.1 Å². The minimum absolute atomic E-state index is 0.0944. The molecule has 2 rings (SSSR count). The van der Waals surface area contributed by atoms with Crippen molar-refractivity contribution in [1.29, 1.82) is 0 Å². The fourth-order valence-electron chi connectivity index (χ4n) is 2.41. The Labute approximate surface area is 126 Å². The summed E-state index contributed by atoms with van der Waals surface area (Å²) in [6, 6.07) is 3.86. The number of hydrogen-bond donors (Lipinski definition) is 1. The molecule has 4 nitrogen and oxygen atoms in total. The first kappa shape index (κ1) is 15.5. The van der Waals surface area contributed by atoms with Crippen molar-refractivity contribution in [2.45, 2.75) is 39.3 Å². The Bertz CT molecular complexity index is 451. The molecule has 20 heavy (non-hydrogen) atoms. The summed E-state index contributed by atoms with van der Waals surface area (Å²) in [5.41, 5.74) is 0.841. The molecule has 0 saturated carbocycles. The molecule has 0 aliphatic carbocycles. The van der Waals surface area contributed by atoms with Gasteiger partial charge in [-0.1, -0.05) is 18.5 Å². The van der Waals surface area contributed by atoms with E-state index in [1.807, 2.05) is 12.1 Å². The number of nitrogens with zero attached hydrogens (tertiary/aromatic N) is 2. The molecule has 112 valence electrons. The smallest absolute Gasteiger partial charge is 0.126 e. The van der Waals surface area contributed by atoms with Crippen LogP contribution in [0.15, 0.2) is 12.1 Å². The van der Waals surface area contributed by atoms with Crippen LogP contribution in [0.1, 0.15) is 32.9 Å². The Balaban J connectivity index is 2.04. The van der Waals surface area contributed by atoms with E-state index in [9.17, 15) is 0 Å². The molecule has 1 N–H and O–H groups in total. The normalized spacial score (nSPS) is 19.0. The predicted octanol–water partition coefficient (Wildman–Crippen LogP) is 3.17. The number of ether oxygens (including phenoxy) is 1. The van der Waals surface area contributed by atoms with E-state index in [4.69, 9.17) is 16.3 Å². The summed E-state index contributed by atoms with van der Waals surface area (Å²) in [6.07, 6.45) is 1.08. The van der Waals surface area contributed by atoms with Crippen molar-refractivity contribution in [3.8, 4) is 0 Å². The molecule has 5 heteroatoms. The van der Waals surface area contributed by atoms with Crippen LogP contribution >= 0.6 is 11.6 Å². The second-order valence-corrected chi connectivity index (χ2v) is 6.28. The second-order valence-electron chi connectivity index (χ2n) is 5.87. The van der Waals surface area contributed by atoms with E-state index in [-0.39, 0.29) is 5.60 Å². The lowest BCUT2D eigenvalue weighted by atomic mass is 10.1. The number of hydrogen-bond acceptors (Lipinski definition) is 4. The number of nitrogens with one attached hydrogen (secondary N) is 1. The number of halogens is 1. The molecule has 0 radical (unpaired) electrons. The van der Waals surface area contributed by atoms with Crippen molar-refractivity contribution in [3.63, 3.8) is 0 Å². The SMILES string of the molecule is CCCNc1ccc(Cl)c(CN2CCOC(C)(C)C2)n1. The van der Waals surface area contributed by atoms with Gasteiger partial charge in [0.15, 0.2) is 0 Å². The number of rotatable bonds is 5. The van der Waals surface area contributed by atoms with Crippen molar-refractivity contribution >= 4 is 17.4 Å². The molecule has 0 aromatic carbocycles. The monoisotopic (exact) mass is 297 g/mol. The van der Waals surface area contributed by atoms with E-state index in [0.29, 0.717) is 0 Å². The van der Waals surface area contributed by atoms with Crippen LogP contribution in [0.4, 0.5) is 5.82 Å². The maximum atomic E-state index is 6.27. The van der Waals surface area contributed by atoms with Crippen LogP contribution in [0.5, 0.6) is 0 Å². The van der Waals surface area contributed by atoms with Gasteiger partial charge in [-0.15, -0.1) is 0 Å².